The number of aromatic amines is 1. The van der Waals surface area contributed by atoms with E-state index in [1.165, 1.54) is 51.1 Å². The molecule has 1 aromatic heterocycles. The van der Waals surface area contributed by atoms with Crippen LogP contribution in [0.25, 0.3) is 0 Å². The van der Waals surface area contributed by atoms with Crippen LogP contribution in [0, 0.1) is 5.92 Å². The summed E-state index contributed by atoms with van der Waals surface area (Å²) in [5, 5.41) is 0. The number of nitrogens with two attached hydrogens (primary N) is 1. The standard InChI is InChI=1S/C21H31N5O7S/c1-13(2)12-26-18(22)17(19(27)23-21(26)29)25(9-10-32-5)20(28)14-7-8-15(33-6)16(11-14)34(30,31)24(3)4/h7-8,11,13H,9-10,12,22H2,1-6H3,(H,23,27,29). The Morgan fingerprint density at radius 2 is 1.85 bits per heavy atom. The van der Waals surface area contributed by atoms with Crippen LogP contribution in [-0.2, 0) is 21.3 Å². The molecule has 0 saturated carbocycles. The van der Waals surface area contributed by atoms with E-state index >= 15 is 0 Å². The van der Waals surface area contributed by atoms with Gasteiger partial charge in [0.05, 0.1) is 13.7 Å². The van der Waals surface area contributed by atoms with Crippen LogP contribution in [-0.4, -0.2) is 69.6 Å². The van der Waals surface area contributed by atoms with Gasteiger partial charge in [-0.1, -0.05) is 13.8 Å². The number of sulfonamides is 1. The largest absolute Gasteiger partial charge is 0.495 e. The fourth-order valence-corrected chi connectivity index (χ4v) is 4.32. The summed E-state index contributed by atoms with van der Waals surface area (Å²) < 4.78 is 38.0. The Hall–Kier alpha value is -3.16. The number of benzene rings is 1. The SMILES string of the molecule is COCCN(C(=O)c1ccc(OC)c(S(=O)(=O)N(C)C)c1)c1c(N)n(CC(C)C)c(=O)[nH]c1=O. The van der Waals surface area contributed by atoms with Crippen molar-refractivity contribution in [2.75, 3.05) is 52.1 Å². The van der Waals surface area contributed by atoms with Gasteiger partial charge in [-0.2, -0.15) is 0 Å². The molecule has 0 atom stereocenters. The second-order valence-corrected chi connectivity index (χ2v) is 10.2. The maximum atomic E-state index is 13.5. The number of methoxy groups -OCH3 is 2. The summed E-state index contributed by atoms with van der Waals surface area (Å²) in [6, 6.07) is 3.90. The normalized spacial score (nSPS) is 11.8. The summed E-state index contributed by atoms with van der Waals surface area (Å²) in [6.45, 7) is 3.93. The Labute approximate surface area is 197 Å². The Kier molecular flexibility index (Phi) is 8.64. The molecule has 0 fully saturated rings. The van der Waals surface area contributed by atoms with Crippen LogP contribution in [0.2, 0.25) is 0 Å². The smallest absolute Gasteiger partial charge is 0.330 e. The molecular formula is C21H31N5O7S. The van der Waals surface area contributed by atoms with E-state index in [9.17, 15) is 22.8 Å². The van der Waals surface area contributed by atoms with Crippen molar-refractivity contribution in [1.29, 1.82) is 0 Å². The Bertz CT molecular complexity index is 1270. The van der Waals surface area contributed by atoms with Crippen molar-refractivity contribution < 1.29 is 22.7 Å². The number of carbonyl (C=O) groups excluding carboxylic acids is 1. The zero-order valence-corrected chi connectivity index (χ0v) is 20.9. The summed E-state index contributed by atoms with van der Waals surface area (Å²) in [6.07, 6.45) is 0. The zero-order chi connectivity index (χ0) is 25.8. The third kappa shape index (κ3) is 5.48. The number of nitrogens with zero attached hydrogens (tertiary/aromatic N) is 3. The van der Waals surface area contributed by atoms with Crippen LogP contribution < -0.4 is 26.6 Å². The second kappa shape index (κ2) is 10.8. The van der Waals surface area contributed by atoms with Gasteiger partial charge in [0.25, 0.3) is 11.5 Å². The van der Waals surface area contributed by atoms with Gasteiger partial charge in [0, 0.05) is 39.9 Å². The number of ether oxygens (including phenoxy) is 2. The van der Waals surface area contributed by atoms with E-state index in [0.29, 0.717) is 0 Å². The predicted molar refractivity (Wildman–Crippen MR) is 128 cm³/mol. The van der Waals surface area contributed by atoms with Gasteiger partial charge in [-0.15, -0.1) is 0 Å². The van der Waals surface area contributed by atoms with Gasteiger partial charge in [-0.05, 0) is 24.1 Å². The fraction of sp³-hybridized carbons (Fsp3) is 0.476. The lowest BCUT2D eigenvalue weighted by atomic mass is 10.1. The molecule has 1 heterocycles. The van der Waals surface area contributed by atoms with Crippen LogP contribution in [0.4, 0.5) is 11.5 Å². The van der Waals surface area contributed by atoms with Gasteiger partial charge in [-0.3, -0.25) is 24.0 Å². The lowest BCUT2D eigenvalue weighted by molar-refractivity contribution is 0.0975. The van der Waals surface area contributed by atoms with Crippen molar-refractivity contribution in [3.05, 3.63) is 44.6 Å². The maximum absolute atomic E-state index is 13.5. The first-order valence-electron chi connectivity index (χ1n) is 10.4. The molecule has 2 rings (SSSR count). The van der Waals surface area contributed by atoms with Crippen molar-refractivity contribution in [3.63, 3.8) is 0 Å². The van der Waals surface area contributed by atoms with E-state index in [1.54, 1.807) is 0 Å². The molecule has 0 aliphatic rings. The molecule has 0 aliphatic heterocycles. The fourth-order valence-electron chi connectivity index (χ4n) is 3.25. The first-order chi connectivity index (χ1) is 15.9. The highest BCUT2D eigenvalue weighted by molar-refractivity contribution is 7.89. The average molecular weight is 498 g/mol. The minimum absolute atomic E-state index is 0.0299. The van der Waals surface area contributed by atoms with Gasteiger partial charge >= 0.3 is 5.69 Å². The molecule has 1 amide bonds. The molecule has 1 aromatic carbocycles. The number of H-pyrrole nitrogens is 1. The van der Waals surface area contributed by atoms with Crippen LogP contribution in [0.3, 0.4) is 0 Å². The number of rotatable bonds is 10. The lowest BCUT2D eigenvalue weighted by Gasteiger charge is -2.25. The second-order valence-electron chi connectivity index (χ2n) is 8.10. The van der Waals surface area contributed by atoms with Crippen LogP contribution in [0.5, 0.6) is 5.75 Å². The summed E-state index contributed by atoms with van der Waals surface area (Å²) in [4.78, 5) is 41.7. The summed E-state index contributed by atoms with van der Waals surface area (Å²) in [5.41, 5.74) is 4.40. The summed E-state index contributed by atoms with van der Waals surface area (Å²) >= 11 is 0. The highest BCUT2D eigenvalue weighted by Gasteiger charge is 2.28. The zero-order valence-electron chi connectivity index (χ0n) is 20.1. The molecular weight excluding hydrogens is 466 g/mol. The molecule has 0 saturated heterocycles. The number of amides is 1. The third-order valence-corrected chi connectivity index (χ3v) is 6.80. The van der Waals surface area contributed by atoms with E-state index in [4.69, 9.17) is 15.2 Å². The molecule has 0 spiro atoms. The molecule has 13 heteroatoms. The Morgan fingerprint density at radius 1 is 1.21 bits per heavy atom. The summed E-state index contributed by atoms with van der Waals surface area (Å²) in [5.74, 6) is -0.804. The highest BCUT2D eigenvalue weighted by atomic mass is 32.2. The van der Waals surface area contributed by atoms with Crippen molar-refractivity contribution in [3.8, 4) is 5.75 Å². The van der Waals surface area contributed by atoms with Gasteiger partial charge in [0.1, 0.15) is 16.5 Å². The minimum Gasteiger partial charge on any atom is -0.495 e. The first-order valence-corrected chi connectivity index (χ1v) is 11.8. The van der Waals surface area contributed by atoms with Crippen molar-refractivity contribution in [2.24, 2.45) is 5.92 Å². The molecule has 0 bridgehead atoms. The van der Waals surface area contributed by atoms with Crippen molar-refractivity contribution in [2.45, 2.75) is 25.3 Å². The number of anilines is 2. The maximum Gasteiger partial charge on any atom is 0.330 e. The monoisotopic (exact) mass is 497 g/mol. The number of hydrogen-bond acceptors (Lipinski definition) is 8. The van der Waals surface area contributed by atoms with Gasteiger partial charge in [-0.25, -0.2) is 17.5 Å². The first kappa shape index (κ1) is 27.1. The number of carbonyl (C=O) groups is 1. The van der Waals surface area contributed by atoms with E-state index in [2.05, 4.69) is 4.98 Å². The van der Waals surface area contributed by atoms with Crippen LogP contribution in [0.15, 0.2) is 32.7 Å². The number of nitrogens with one attached hydrogen (secondary N) is 1. The van der Waals surface area contributed by atoms with E-state index in [1.807, 2.05) is 13.8 Å². The predicted octanol–water partition coefficient (Wildman–Crippen LogP) is 0.327. The molecule has 0 radical (unpaired) electrons. The van der Waals surface area contributed by atoms with Crippen LogP contribution in [0.1, 0.15) is 24.2 Å². The van der Waals surface area contributed by atoms with E-state index in [-0.39, 0.29) is 53.3 Å². The topological polar surface area (TPSA) is 157 Å². The summed E-state index contributed by atoms with van der Waals surface area (Å²) in [7, 11) is 1.49. The molecule has 3 N–H and O–H groups in total. The third-order valence-electron chi connectivity index (χ3n) is 4.97. The minimum atomic E-state index is -3.95. The molecule has 0 unspecified atom stereocenters. The highest BCUT2D eigenvalue weighted by Crippen LogP contribution is 2.28. The van der Waals surface area contributed by atoms with Gasteiger partial charge in [0.2, 0.25) is 10.0 Å². The van der Waals surface area contributed by atoms with Crippen molar-refractivity contribution >= 4 is 27.4 Å². The van der Waals surface area contributed by atoms with Crippen molar-refractivity contribution in [1.82, 2.24) is 13.9 Å². The molecule has 188 valence electrons. The van der Waals surface area contributed by atoms with Gasteiger partial charge in [0.15, 0.2) is 5.69 Å². The lowest BCUT2D eigenvalue weighted by Crippen LogP contribution is -2.43. The Morgan fingerprint density at radius 3 is 2.38 bits per heavy atom. The number of aromatic nitrogens is 2. The number of hydrogen-bond donors (Lipinski definition) is 2. The molecule has 0 aliphatic carbocycles. The van der Waals surface area contributed by atoms with E-state index in [0.717, 1.165) is 9.21 Å². The van der Waals surface area contributed by atoms with Gasteiger partial charge < -0.3 is 15.2 Å². The number of nitrogen functional groups attached to an aromatic ring is 1. The van der Waals surface area contributed by atoms with E-state index < -0.39 is 27.2 Å². The quantitative estimate of drug-likeness (QED) is 0.475. The average Bonchev–Trinajstić information content (AvgIpc) is 2.77. The molecule has 2 aromatic rings. The molecule has 12 nitrogen and oxygen atoms in total. The van der Waals surface area contributed by atoms with Crippen LogP contribution >= 0.6 is 0 Å². The molecule has 34 heavy (non-hydrogen) atoms. The Balaban J connectivity index is 2.72.